The molecule has 3 heteroatoms. The maximum absolute atomic E-state index is 12.1. The van der Waals surface area contributed by atoms with E-state index in [1.807, 2.05) is 11.0 Å². The fourth-order valence-electron chi connectivity index (χ4n) is 2.42. The largest absolute Gasteiger partial charge is 0.319 e. The Balaban J connectivity index is 2.29. The first-order valence-electron chi connectivity index (χ1n) is 6.62. The van der Waals surface area contributed by atoms with Gasteiger partial charge in [0.15, 0.2) is 0 Å². The second-order valence-electron chi connectivity index (χ2n) is 5.48. The van der Waals surface area contributed by atoms with Crippen LogP contribution in [0.25, 0.3) is 0 Å². The lowest BCUT2D eigenvalue weighted by molar-refractivity contribution is -0.130. The van der Waals surface area contributed by atoms with Crippen molar-refractivity contribution in [3.8, 4) is 0 Å². The predicted octanol–water partition coefficient (Wildman–Crippen LogP) is 2.47. The molecule has 1 fully saturated rings. The Morgan fingerprint density at radius 2 is 2.06 bits per heavy atom. The lowest BCUT2D eigenvalue weighted by atomic mass is 10.0. The van der Waals surface area contributed by atoms with Gasteiger partial charge in [-0.15, -0.1) is 0 Å². The van der Waals surface area contributed by atoms with Crippen molar-refractivity contribution in [3.05, 3.63) is 35.4 Å². The summed E-state index contributed by atoms with van der Waals surface area (Å²) >= 11 is 0. The fraction of sp³-hybridized carbons (Fsp3) is 0.533. The molecule has 2 atom stereocenters. The van der Waals surface area contributed by atoms with Gasteiger partial charge in [0.2, 0.25) is 5.91 Å². The fourth-order valence-corrected chi connectivity index (χ4v) is 2.42. The molecule has 0 radical (unpaired) electrons. The van der Waals surface area contributed by atoms with Crippen LogP contribution >= 0.6 is 0 Å². The zero-order valence-corrected chi connectivity index (χ0v) is 11.6. The third-order valence-corrected chi connectivity index (χ3v) is 3.77. The predicted molar refractivity (Wildman–Crippen MR) is 73.1 cm³/mol. The van der Waals surface area contributed by atoms with Crippen LogP contribution in [0, 0.1) is 12.8 Å². The highest BCUT2D eigenvalue weighted by molar-refractivity contribution is 5.81. The van der Waals surface area contributed by atoms with Crippen LogP contribution in [0.1, 0.15) is 38.1 Å². The molecule has 98 valence electrons. The normalized spacial score (nSPS) is 21.7. The molecule has 1 aromatic carbocycles. The van der Waals surface area contributed by atoms with Crippen molar-refractivity contribution < 1.29 is 4.79 Å². The van der Waals surface area contributed by atoms with E-state index in [1.54, 1.807) is 0 Å². The molecule has 1 amide bonds. The van der Waals surface area contributed by atoms with E-state index >= 15 is 0 Å². The van der Waals surface area contributed by atoms with Gasteiger partial charge in [-0.05, 0) is 25.3 Å². The van der Waals surface area contributed by atoms with Gasteiger partial charge in [-0.1, -0.05) is 43.7 Å². The van der Waals surface area contributed by atoms with Crippen molar-refractivity contribution in [3.63, 3.8) is 0 Å². The van der Waals surface area contributed by atoms with E-state index < -0.39 is 0 Å². The summed E-state index contributed by atoms with van der Waals surface area (Å²) in [5.41, 5.74) is 2.40. The van der Waals surface area contributed by atoms with E-state index in [1.165, 1.54) is 11.1 Å². The molecule has 1 aliphatic heterocycles. The van der Waals surface area contributed by atoms with E-state index in [2.05, 4.69) is 51.2 Å². The quantitative estimate of drug-likeness (QED) is 0.888. The second kappa shape index (κ2) is 5.11. The highest BCUT2D eigenvalue weighted by Crippen LogP contribution is 2.27. The highest BCUT2D eigenvalue weighted by atomic mass is 16.2. The third-order valence-electron chi connectivity index (χ3n) is 3.77. The number of rotatable bonds is 3. The first kappa shape index (κ1) is 13.1. The van der Waals surface area contributed by atoms with E-state index in [4.69, 9.17) is 0 Å². The molecule has 1 heterocycles. The molecule has 0 saturated carbocycles. The molecule has 18 heavy (non-hydrogen) atoms. The summed E-state index contributed by atoms with van der Waals surface area (Å²) in [5, 5.41) is 3.31. The molecule has 0 spiro atoms. The summed E-state index contributed by atoms with van der Waals surface area (Å²) in [7, 11) is 0. The number of hydrogen-bond donors (Lipinski definition) is 1. The maximum atomic E-state index is 12.1. The number of nitrogens with zero attached hydrogens (tertiary/aromatic N) is 1. The molecule has 2 rings (SSSR count). The van der Waals surface area contributed by atoms with Crippen molar-refractivity contribution in [2.24, 2.45) is 5.92 Å². The Bertz CT molecular complexity index is 442. The Hall–Kier alpha value is -1.35. The Kier molecular flexibility index (Phi) is 3.71. The van der Waals surface area contributed by atoms with Crippen LogP contribution in [0.15, 0.2) is 24.3 Å². The summed E-state index contributed by atoms with van der Waals surface area (Å²) in [5.74, 6) is 0.656. The molecule has 2 unspecified atom stereocenters. The lowest BCUT2D eigenvalue weighted by Crippen LogP contribution is -2.40. The summed E-state index contributed by atoms with van der Waals surface area (Å²) < 4.78 is 0. The summed E-state index contributed by atoms with van der Waals surface area (Å²) in [6.45, 7) is 8.96. The average molecular weight is 246 g/mol. The van der Waals surface area contributed by atoms with Gasteiger partial charge in [-0.2, -0.15) is 0 Å². The number of aryl methyl sites for hydroxylation is 1. The van der Waals surface area contributed by atoms with Gasteiger partial charge in [-0.3, -0.25) is 10.1 Å². The zero-order valence-electron chi connectivity index (χ0n) is 11.6. The Labute approximate surface area is 109 Å². The van der Waals surface area contributed by atoms with E-state index in [0.717, 1.165) is 0 Å². The van der Waals surface area contributed by atoms with E-state index in [9.17, 15) is 4.79 Å². The van der Waals surface area contributed by atoms with Crippen molar-refractivity contribution in [2.45, 2.75) is 39.9 Å². The maximum Gasteiger partial charge on any atom is 0.238 e. The summed E-state index contributed by atoms with van der Waals surface area (Å²) in [4.78, 5) is 14.0. The molecule has 1 aromatic rings. The van der Waals surface area contributed by atoms with Gasteiger partial charge in [-0.25, -0.2) is 0 Å². The standard InChI is InChI=1S/C15H22N2O/c1-10(2)12(4)17-14(18)9-16-15(17)13-7-5-6-11(3)8-13/h5-8,10,12,15-16H,9H2,1-4H3. The van der Waals surface area contributed by atoms with Gasteiger partial charge >= 0.3 is 0 Å². The van der Waals surface area contributed by atoms with Crippen molar-refractivity contribution in [1.82, 2.24) is 10.2 Å². The second-order valence-corrected chi connectivity index (χ2v) is 5.48. The minimum atomic E-state index is 0.0230. The number of benzene rings is 1. The molecule has 1 aliphatic rings. The van der Waals surface area contributed by atoms with Crippen molar-refractivity contribution in [1.29, 1.82) is 0 Å². The van der Waals surface area contributed by atoms with Crippen molar-refractivity contribution >= 4 is 5.91 Å². The van der Waals surface area contributed by atoms with Crippen LogP contribution in [-0.4, -0.2) is 23.4 Å². The van der Waals surface area contributed by atoms with Gasteiger partial charge in [0, 0.05) is 6.04 Å². The lowest BCUT2D eigenvalue weighted by Gasteiger charge is -2.33. The monoisotopic (exact) mass is 246 g/mol. The first-order valence-corrected chi connectivity index (χ1v) is 6.62. The number of carbonyl (C=O) groups excluding carboxylic acids is 1. The van der Waals surface area contributed by atoms with E-state index in [-0.39, 0.29) is 18.1 Å². The minimum Gasteiger partial charge on any atom is -0.319 e. The Morgan fingerprint density at radius 1 is 1.33 bits per heavy atom. The molecule has 0 aromatic heterocycles. The highest BCUT2D eigenvalue weighted by Gasteiger charge is 2.35. The summed E-state index contributed by atoms with van der Waals surface area (Å²) in [6.07, 6.45) is 0.0230. The van der Waals surface area contributed by atoms with Crippen LogP contribution in [-0.2, 0) is 4.79 Å². The molecule has 1 N–H and O–H groups in total. The minimum absolute atomic E-state index is 0.0230. The zero-order chi connectivity index (χ0) is 13.3. The van der Waals surface area contributed by atoms with Crippen molar-refractivity contribution in [2.75, 3.05) is 6.54 Å². The number of amides is 1. The van der Waals surface area contributed by atoms with Gasteiger partial charge in [0.1, 0.15) is 6.17 Å². The molecule has 0 bridgehead atoms. The third kappa shape index (κ3) is 2.41. The van der Waals surface area contributed by atoms with Crippen LogP contribution in [0.2, 0.25) is 0 Å². The SMILES string of the molecule is Cc1cccc(C2NCC(=O)N2C(C)C(C)C)c1. The van der Waals surface area contributed by atoms with E-state index in [0.29, 0.717) is 12.5 Å². The smallest absolute Gasteiger partial charge is 0.238 e. The van der Waals surface area contributed by atoms with Gasteiger partial charge in [0.05, 0.1) is 6.54 Å². The first-order chi connectivity index (χ1) is 8.50. The molecule has 3 nitrogen and oxygen atoms in total. The average Bonchev–Trinajstić information content (AvgIpc) is 2.70. The number of carbonyl (C=O) groups is 1. The van der Waals surface area contributed by atoms with Crippen LogP contribution in [0.3, 0.4) is 0 Å². The molecular formula is C15H22N2O. The topological polar surface area (TPSA) is 32.3 Å². The van der Waals surface area contributed by atoms with Crippen LogP contribution in [0.5, 0.6) is 0 Å². The Morgan fingerprint density at radius 3 is 2.67 bits per heavy atom. The van der Waals surface area contributed by atoms with Crippen LogP contribution < -0.4 is 5.32 Å². The molecule has 1 saturated heterocycles. The summed E-state index contributed by atoms with van der Waals surface area (Å²) in [6, 6.07) is 8.61. The number of nitrogens with one attached hydrogen (secondary N) is 1. The van der Waals surface area contributed by atoms with Crippen LogP contribution in [0.4, 0.5) is 0 Å². The van der Waals surface area contributed by atoms with Gasteiger partial charge in [0.25, 0.3) is 0 Å². The molecular weight excluding hydrogens is 224 g/mol. The molecule has 0 aliphatic carbocycles. The van der Waals surface area contributed by atoms with Gasteiger partial charge < -0.3 is 4.90 Å². The number of hydrogen-bond acceptors (Lipinski definition) is 2.